The molecule has 0 saturated heterocycles. The standard InChI is InChI=1S/C21H30O2/c1-14-6-9-18(23)13-17(14)8-7-16-5-4-12-21(3)19(15(2)22)10-11-20(16)21/h7-8,10-11,15,18-20,22-23H,1,4-6,9,12-13H2,2-3H3/b16-7+,17-8-/t15-,18-,19?,20?,21?/m0/s1. The Bertz CT molecular complexity index is 566. The van der Waals surface area contributed by atoms with Gasteiger partial charge >= 0.3 is 0 Å². The minimum atomic E-state index is -0.285. The lowest BCUT2D eigenvalue weighted by molar-refractivity contribution is 0.0446. The molecule has 2 nitrogen and oxygen atoms in total. The van der Waals surface area contributed by atoms with E-state index in [-0.39, 0.29) is 23.5 Å². The van der Waals surface area contributed by atoms with Gasteiger partial charge < -0.3 is 10.2 Å². The number of hydrogen-bond acceptors (Lipinski definition) is 2. The fourth-order valence-electron chi connectivity index (χ4n) is 4.87. The average molecular weight is 314 g/mol. The summed E-state index contributed by atoms with van der Waals surface area (Å²) < 4.78 is 0. The van der Waals surface area contributed by atoms with Crippen LogP contribution in [0.15, 0.2) is 47.6 Å². The minimum absolute atomic E-state index is 0.153. The fraction of sp³-hybridized carbons (Fsp3) is 0.619. The predicted molar refractivity (Wildman–Crippen MR) is 94.9 cm³/mol. The normalized spacial score (nSPS) is 42.3. The van der Waals surface area contributed by atoms with E-state index in [0.29, 0.717) is 5.92 Å². The molecular formula is C21H30O2. The third-order valence-corrected chi connectivity index (χ3v) is 6.27. The Kier molecular flexibility index (Phi) is 4.66. The highest BCUT2D eigenvalue weighted by Crippen LogP contribution is 2.54. The van der Waals surface area contributed by atoms with Crippen molar-refractivity contribution in [3.05, 3.63) is 47.6 Å². The van der Waals surface area contributed by atoms with Gasteiger partial charge in [0.05, 0.1) is 12.2 Å². The number of fused-ring (bicyclic) bond motifs is 1. The third kappa shape index (κ3) is 3.12. The van der Waals surface area contributed by atoms with Gasteiger partial charge in [0.1, 0.15) is 0 Å². The SMILES string of the molecule is C=C1CC[C@H](O)C/C1=C/C=C1\CCCC2(C)C1C=CC2[C@H](C)O. The molecule has 0 aromatic carbocycles. The molecule has 0 aromatic heterocycles. The topological polar surface area (TPSA) is 40.5 Å². The Labute approximate surface area is 140 Å². The van der Waals surface area contributed by atoms with E-state index in [1.165, 1.54) is 29.6 Å². The van der Waals surface area contributed by atoms with Crippen LogP contribution in [-0.4, -0.2) is 22.4 Å². The van der Waals surface area contributed by atoms with Crippen LogP contribution in [-0.2, 0) is 0 Å². The Hall–Kier alpha value is -1.12. The van der Waals surface area contributed by atoms with Gasteiger partial charge in [0.15, 0.2) is 0 Å². The molecule has 0 aromatic rings. The zero-order valence-corrected chi connectivity index (χ0v) is 14.5. The lowest BCUT2D eigenvalue weighted by Crippen LogP contribution is -2.38. The molecule has 2 heteroatoms. The van der Waals surface area contributed by atoms with Crippen molar-refractivity contribution in [3.63, 3.8) is 0 Å². The molecule has 126 valence electrons. The van der Waals surface area contributed by atoms with Gasteiger partial charge in [0.25, 0.3) is 0 Å². The van der Waals surface area contributed by atoms with Crippen molar-refractivity contribution in [3.8, 4) is 0 Å². The molecule has 2 saturated carbocycles. The highest BCUT2D eigenvalue weighted by molar-refractivity contribution is 5.37. The van der Waals surface area contributed by atoms with Crippen molar-refractivity contribution in [1.82, 2.24) is 0 Å². The van der Waals surface area contributed by atoms with E-state index in [2.05, 4.69) is 37.8 Å². The van der Waals surface area contributed by atoms with Crippen molar-refractivity contribution in [2.45, 2.75) is 64.6 Å². The highest BCUT2D eigenvalue weighted by atomic mass is 16.3. The summed E-state index contributed by atoms with van der Waals surface area (Å²) in [6, 6.07) is 0. The second-order valence-electron chi connectivity index (χ2n) is 7.92. The molecule has 3 aliphatic carbocycles. The first kappa shape index (κ1) is 16.7. The predicted octanol–water partition coefficient (Wildman–Crippen LogP) is 4.31. The maximum absolute atomic E-state index is 10.1. The van der Waals surface area contributed by atoms with Gasteiger partial charge in [-0.05, 0) is 56.4 Å². The van der Waals surface area contributed by atoms with Crippen LogP contribution in [0, 0.1) is 17.3 Å². The molecule has 0 bridgehead atoms. The summed E-state index contributed by atoms with van der Waals surface area (Å²) in [5.74, 6) is 0.699. The van der Waals surface area contributed by atoms with E-state index in [1.807, 2.05) is 6.92 Å². The molecule has 2 N–H and O–H groups in total. The third-order valence-electron chi connectivity index (χ3n) is 6.27. The number of rotatable bonds is 2. The van der Waals surface area contributed by atoms with Crippen LogP contribution in [0.2, 0.25) is 0 Å². The summed E-state index contributed by atoms with van der Waals surface area (Å²) in [5.41, 5.74) is 4.01. The van der Waals surface area contributed by atoms with Crippen molar-refractivity contribution in [2.75, 3.05) is 0 Å². The minimum Gasteiger partial charge on any atom is -0.393 e. The van der Waals surface area contributed by atoms with Gasteiger partial charge in [-0.2, -0.15) is 0 Å². The zero-order chi connectivity index (χ0) is 16.6. The molecule has 3 rings (SSSR count). The largest absolute Gasteiger partial charge is 0.393 e. The Morgan fingerprint density at radius 2 is 2.09 bits per heavy atom. The summed E-state index contributed by atoms with van der Waals surface area (Å²) in [6.45, 7) is 8.40. The second kappa shape index (κ2) is 6.41. The van der Waals surface area contributed by atoms with Crippen LogP contribution in [0.5, 0.6) is 0 Å². The Morgan fingerprint density at radius 3 is 2.83 bits per heavy atom. The maximum atomic E-state index is 10.1. The lowest BCUT2D eigenvalue weighted by atomic mass is 9.62. The molecule has 3 aliphatic rings. The van der Waals surface area contributed by atoms with Crippen molar-refractivity contribution in [1.29, 1.82) is 0 Å². The Morgan fingerprint density at radius 1 is 1.30 bits per heavy atom. The lowest BCUT2D eigenvalue weighted by Gasteiger charge is -2.43. The molecule has 0 radical (unpaired) electrons. The summed E-state index contributed by atoms with van der Waals surface area (Å²) in [6.07, 6.45) is 14.5. The molecule has 0 aliphatic heterocycles. The molecule has 0 amide bonds. The second-order valence-corrected chi connectivity index (χ2v) is 7.92. The highest BCUT2D eigenvalue weighted by Gasteiger charge is 2.47. The molecule has 0 spiro atoms. The van der Waals surface area contributed by atoms with E-state index >= 15 is 0 Å². The van der Waals surface area contributed by atoms with Crippen LogP contribution in [0.1, 0.15) is 52.4 Å². The quantitative estimate of drug-likeness (QED) is 0.746. The maximum Gasteiger partial charge on any atom is 0.0583 e. The van der Waals surface area contributed by atoms with Crippen LogP contribution in [0.25, 0.3) is 0 Å². The summed E-state index contributed by atoms with van der Waals surface area (Å²) in [7, 11) is 0. The van der Waals surface area contributed by atoms with Crippen LogP contribution in [0.4, 0.5) is 0 Å². The number of aliphatic hydroxyl groups excluding tert-OH is 2. The van der Waals surface area contributed by atoms with E-state index < -0.39 is 0 Å². The monoisotopic (exact) mass is 314 g/mol. The smallest absolute Gasteiger partial charge is 0.0583 e. The fourth-order valence-corrected chi connectivity index (χ4v) is 4.87. The Balaban J connectivity index is 1.83. The number of aliphatic hydroxyl groups is 2. The van der Waals surface area contributed by atoms with Crippen molar-refractivity contribution in [2.24, 2.45) is 17.3 Å². The van der Waals surface area contributed by atoms with E-state index in [1.54, 1.807) is 0 Å². The first-order valence-electron chi connectivity index (χ1n) is 9.04. The van der Waals surface area contributed by atoms with Gasteiger partial charge in [0, 0.05) is 11.8 Å². The first-order chi connectivity index (χ1) is 10.9. The van der Waals surface area contributed by atoms with E-state index in [0.717, 1.165) is 25.7 Å². The average Bonchev–Trinajstić information content (AvgIpc) is 2.86. The first-order valence-corrected chi connectivity index (χ1v) is 9.04. The van der Waals surface area contributed by atoms with E-state index in [9.17, 15) is 10.2 Å². The van der Waals surface area contributed by atoms with Crippen molar-refractivity contribution >= 4 is 0 Å². The molecule has 3 unspecified atom stereocenters. The van der Waals surface area contributed by atoms with Gasteiger partial charge in [0.2, 0.25) is 0 Å². The summed E-state index contributed by atoms with van der Waals surface area (Å²) in [5, 5.41) is 20.0. The van der Waals surface area contributed by atoms with E-state index in [4.69, 9.17) is 0 Å². The number of hydrogen-bond donors (Lipinski definition) is 2. The molecular weight excluding hydrogens is 284 g/mol. The summed E-state index contributed by atoms with van der Waals surface area (Å²) in [4.78, 5) is 0. The van der Waals surface area contributed by atoms with Gasteiger partial charge in [-0.1, -0.05) is 49.0 Å². The van der Waals surface area contributed by atoms with Crippen molar-refractivity contribution < 1.29 is 10.2 Å². The summed E-state index contributed by atoms with van der Waals surface area (Å²) >= 11 is 0. The molecule has 2 fully saturated rings. The van der Waals surface area contributed by atoms with Gasteiger partial charge in [-0.3, -0.25) is 0 Å². The van der Waals surface area contributed by atoms with Crippen LogP contribution in [0.3, 0.4) is 0 Å². The van der Waals surface area contributed by atoms with Gasteiger partial charge in [-0.15, -0.1) is 0 Å². The van der Waals surface area contributed by atoms with Crippen LogP contribution >= 0.6 is 0 Å². The molecule has 23 heavy (non-hydrogen) atoms. The van der Waals surface area contributed by atoms with Crippen LogP contribution < -0.4 is 0 Å². The zero-order valence-electron chi connectivity index (χ0n) is 14.5. The van der Waals surface area contributed by atoms with Gasteiger partial charge in [-0.25, -0.2) is 0 Å². The number of allylic oxidation sites excluding steroid dienone is 5. The molecule has 5 atom stereocenters. The molecule has 0 heterocycles.